The van der Waals surface area contributed by atoms with E-state index in [0.29, 0.717) is 17.5 Å². The third kappa shape index (κ3) is 4.90. The normalized spacial score (nSPS) is 11.8. The van der Waals surface area contributed by atoms with E-state index in [1.54, 1.807) is 21.3 Å². The lowest BCUT2D eigenvalue weighted by atomic mass is 10.1. The van der Waals surface area contributed by atoms with E-state index in [1.165, 1.54) is 5.56 Å². The van der Waals surface area contributed by atoms with Crippen molar-refractivity contribution in [2.24, 2.45) is 0 Å². The molecular formula is C20H27NO3. The van der Waals surface area contributed by atoms with Crippen molar-refractivity contribution < 1.29 is 14.2 Å². The second-order valence-electron chi connectivity index (χ2n) is 5.83. The van der Waals surface area contributed by atoms with Gasteiger partial charge >= 0.3 is 0 Å². The van der Waals surface area contributed by atoms with Crippen LogP contribution >= 0.6 is 0 Å². The third-order valence-corrected chi connectivity index (χ3v) is 4.14. The number of methoxy groups -OCH3 is 3. The first kappa shape index (κ1) is 18.1. The van der Waals surface area contributed by atoms with Gasteiger partial charge in [-0.15, -0.1) is 0 Å². The Morgan fingerprint density at radius 2 is 1.50 bits per heavy atom. The molecule has 0 aromatic heterocycles. The van der Waals surface area contributed by atoms with E-state index in [4.69, 9.17) is 14.2 Å². The van der Waals surface area contributed by atoms with Gasteiger partial charge in [0.2, 0.25) is 0 Å². The molecule has 0 aliphatic rings. The van der Waals surface area contributed by atoms with Crippen molar-refractivity contribution in [2.45, 2.75) is 32.4 Å². The average molecular weight is 329 g/mol. The Balaban J connectivity index is 1.95. The van der Waals surface area contributed by atoms with E-state index < -0.39 is 0 Å². The smallest absolute Gasteiger partial charge is 0.164 e. The molecule has 24 heavy (non-hydrogen) atoms. The number of nitrogens with one attached hydrogen (secondary N) is 1. The predicted molar refractivity (Wildman–Crippen MR) is 97.2 cm³/mol. The van der Waals surface area contributed by atoms with Crippen LogP contribution < -0.4 is 19.5 Å². The van der Waals surface area contributed by atoms with Crippen LogP contribution in [0.1, 0.15) is 24.5 Å². The summed E-state index contributed by atoms with van der Waals surface area (Å²) in [5.74, 6) is 2.19. The first-order valence-corrected chi connectivity index (χ1v) is 8.24. The minimum absolute atomic E-state index is 0.406. The van der Waals surface area contributed by atoms with Gasteiger partial charge in [0.05, 0.1) is 21.3 Å². The standard InChI is InChI=1S/C20H27NO3/c1-15(10-11-16-8-6-5-7-9-16)21-14-17-12-19(23-3)20(24-4)13-18(17)22-2/h5-9,12-13,15,21H,10-11,14H2,1-4H3/t15-/m1/s1. The summed E-state index contributed by atoms with van der Waals surface area (Å²) in [7, 11) is 4.94. The highest BCUT2D eigenvalue weighted by Gasteiger charge is 2.12. The number of benzene rings is 2. The van der Waals surface area contributed by atoms with Gasteiger partial charge in [-0.2, -0.15) is 0 Å². The molecule has 0 radical (unpaired) electrons. The van der Waals surface area contributed by atoms with Gasteiger partial charge in [-0.25, -0.2) is 0 Å². The lowest BCUT2D eigenvalue weighted by Crippen LogP contribution is -2.26. The van der Waals surface area contributed by atoms with Crippen LogP contribution in [0.25, 0.3) is 0 Å². The second-order valence-corrected chi connectivity index (χ2v) is 5.83. The SMILES string of the molecule is COc1cc(OC)c(OC)cc1CN[C@H](C)CCc1ccccc1. The van der Waals surface area contributed by atoms with E-state index in [0.717, 1.165) is 30.7 Å². The van der Waals surface area contributed by atoms with Crippen LogP contribution in [0, 0.1) is 0 Å². The molecule has 0 unspecified atom stereocenters. The van der Waals surface area contributed by atoms with Crippen LogP contribution in [0.15, 0.2) is 42.5 Å². The van der Waals surface area contributed by atoms with Gasteiger partial charge in [-0.3, -0.25) is 0 Å². The van der Waals surface area contributed by atoms with Crippen LogP contribution in [0.3, 0.4) is 0 Å². The Morgan fingerprint density at radius 3 is 2.12 bits per heavy atom. The maximum Gasteiger partial charge on any atom is 0.164 e. The zero-order chi connectivity index (χ0) is 17.4. The summed E-state index contributed by atoms with van der Waals surface area (Å²) in [6.07, 6.45) is 2.15. The molecule has 4 nitrogen and oxygen atoms in total. The molecule has 0 spiro atoms. The van der Waals surface area contributed by atoms with Crippen LogP contribution in [-0.4, -0.2) is 27.4 Å². The van der Waals surface area contributed by atoms with Gasteiger partial charge in [0.15, 0.2) is 11.5 Å². The fourth-order valence-electron chi connectivity index (χ4n) is 2.64. The molecule has 2 aromatic rings. The quantitative estimate of drug-likeness (QED) is 0.759. The Bertz CT molecular complexity index is 628. The highest BCUT2D eigenvalue weighted by molar-refractivity contribution is 5.50. The highest BCUT2D eigenvalue weighted by Crippen LogP contribution is 2.34. The van der Waals surface area contributed by atoms with E-state index in [-0.39, 0.29) is 0 Å². The summed E-state index contributed by atoms with van der Waals surface area (Å²) in [5.41, 5.74) is 2.43. The van der Waals surface area contributed by atoms with Crippen LogP contribution in [0.2, 0.25) is 0 Å². The Hall–Kier alpha value is -2.20. The maximum absolute atomic E-state index is 5.47. The first-order chi connectivity index (χ1) is 11.7. The minimum atomic E-state index is 0.406. The molecular weight excluding hydrogens is 302 g/mol. The summed E-state index contributed by atoms with van der Waals surface area (Å²) in [6.45, 7) is 2.93. The monoisotopic (exact) mass is 329 g/mol. The van der Waals surface area contributed by atoms with Crippen molar-refractivity contribution in [1.29, 1.82) is 0 Å². The number of ether oxygens (including phenoxy) is 3. The number of rotatable bonds is 9. The lowest BCUT2D eigenvalue weighted by molar-refractivity contribution is 0.346. The summed E-state index contributed by atoms with van der Waals surface area (Å²) in [6, 6.07) is 14.8. The van der Waals surface area contributed by atoms with Crippen molar-refractivity contribution in [1.82, 2.24) is 5.32 Å². The predicted octanol–water partition coefficient (Wildman–Crippen LogP) is 3.82. The fraction of sp³-hybridized carbons (Fsp3) is 0.400. The Labute approximate surface area is 144 Å². The molecule has 2 rings (SSSR count). The van der Waals surface area contributed by atoms with E-state index in [2.05, 4.69) is 42.6 Å². The molecule has 0 saturated heterocycles. The number of aryl methyl sites for hydroxylation is 1. The molecule has 1 N–H and O–H groups in total. The lowest BCUT2D eigenvalue weighted by Gasteiger charge is -2.17. The number of hydrogen-bond acceptors (Lipinski definition) is 4. The maximum atomic E-state index is 5.47. The van der Waals surface area contributed by atoms with E-state index in [1.807, 2.05) is 12.1 Å². The summed E-state index contributed by atoms with van der Waals surface area (Å²) < 4.78 is 16.2. The molecule has 0 bridgehead atoms. The van der Waals surface area contributed by atoms with Crippen molar-refractivity contribution in [2.75, 3.05) is 21.3 Å². The highest BCUT2D eigenvalue weighted by atomic mass is 16.5. The van der Waals surface area contributed by atoms with Gasteiger partial charge in [0.1, 0.15) is 5.75 Å². The van der Waals surface area contributed by atoms with Crippen molar-refractivity contribution in [3.63, 3.8) is 0 Å². The molecule has 0 amide bonds. The van der Waals surface area contributed by atoms with Crippen molar-refractivity contribution in [3.05, 3.63) is 53.6 Å². The van der Waals surface area contributed by atoms with E-state index in [9.17, 15) is 0 Å². The molecule has 0 aliphatic heterocycles. The molecule has 0 saturated carbocycles. The molecule has 2 aromatic carbocycles. The van der Waals surface area contributed by atoms with Gasteiger partial charge in [-0.05, 0) is 31.4 Å². The minimum Gasteiger partial charge on any atom is -0.496 e. The van der Waals surface area contributed by atoms with Gasteiger partial charge in [0.25, 0.3) is 0 Å². The number of hydrogen-bond donors (Lipinski definition) is 1. The summed E-state index contributed by atoms with van der Waals surface area (Å²) in [5, 5.41) is 3.56. The van der Waals surface area contributed by atoms with Crippen LogP contribution in [0.4, 0.5) is 0 Å². The van der Waals surface area contributed by atoms with Crippen molar-refractivity contribution >= 4 is 0 Å². The zero-order valence-corrected chi connectivity index (χ0v) is 15.0. The molecule has 1 atom stereocenters. The van der Waals surface area contributed by atoms with Crippen LogP contribution in [0.5, 0.6) is 17.2 Å². The zero-order valence-electron chi connectivity index (χ0n) is 15.0. The molecule has 0 aliphatic carbocycles. The van der Waals surface area contributed by atoms with Crippen molar-refractivity contribution in [3.8, 4) is 17.2 Å². The third-order valence-electron chi connectivity index (χ3n) is 4.14. The summed E-state index contributed by atoms with van der Waals surface area (Å²) in [4.78, 5) is 0. The topological polar surface area (TPSA) is 39.7 Å². The van der Waals surface area contributed by atoms with Gasteiger partial charge in [0, 0.05) is 24.2 Å². The summed E-state index contributed by atoms with van der Waals surface area (Å²) >= 11 is 0. The van der Waals surface area contributed by atoms with Gasteiger partial charge in [-0.1, -0.05) is 30.3 Å². The molecule has 4 heteroatoms. The Kier molecular flexibility index (Phi) is 6.94. The fourth-order valence-corrected chi connectivity index (χ4v) is 2.64. The van der Waals surface area contributed by atoms with E-state index >= 15 is 0 Å². The molecule has 0 fully saturated rings. The second kappa shape index (κ2) is 9.18. The average Bonchev–Trinajstić information content (AvgIpc) is 2.64. The first-order valence-electron chi connectivity index (χ1n) is 8.24. The molecule has 0 heterocycles. The molecule has 130 valence electrons. The largest absolute Gasteiger partial charge is 0.496 e. The van der Waals surface area contributed by atoms with Gasteiger partial charge < -0.3 is 19.5 Å². The Morgan fingerprint density at radius 1 is 0.875 bits per heavy atom. The van der Waals surface area contributed by atoms with Crippen LogP contribution in [-0.2, 0) is 13.0 Å².